The number of furan rings is 1. The van der Waals surface area contributed by atoms with E-state index in [1.54, 1.807) is 0 Å². The molecule has 10 aromatic rings. The highest BCUT2D eigenvalue weighted by molar-refractivity contribution is 6.10. The van der Waals surface area contributed by atoms with Crippen LogP contribution in [0.3, 0.4) is 0 Å². The number of fused-ring (bicyclic) bond motifs is 9. The van der Waals surface area contributed by atoms with Crippen molar-refractivity contribution in [3.63, 3.8) is 0 Å². The Morgan fingerprint density at radius 3 is 1.63 bits per heavy atom. The number of benzene rings is 8. The molecule has 8 aromatic carbocycles. The molecule has 0 saturated carbocycles. The summed E-state index contributed by atoms with van der Waals surface area (Å²) in [7, 11) is 0. The van der Waals surface area contributed by atoms with Crippen LogP contribution in [0.25, 0.3) is 71.7 Å². The lowest BCUT2D eigenvalue weighted by molar-refractivity contribution is 0.670. The Hall–Kier alpha value is -6.64. The second-order valence-corrected chi connectivity index (χ2v) is 13.6. The minimum absolute atomic E-state index is 0.556. The molecule has 0 fully saturated rings. The number of hydrogen-bond donors (Lipinski definition) is 0. The van der Waals surface area contributed by atoms with Crippen molar-refractivity contribution in [2.75, 3.05) is 0 Å². The molecule has 0 aliphatic heterocycles. The zero-order chi connectivity index (χ0) is 33.5. The summed E-state index contributed by atoms with van der Waals surface area (Å²) in [4.78, 5) is 0. The van der Waals surface area contributed by atoms with Crippen LogP contribution in [0.1, 0.15) is 22.3 Å². The van der Waals surface area contributed by atoms with Crippen molar-refractivity contribution >= 4 is 43.7 Å². The Kier molecular flexibility index (Phi) is 5.91. The Morgan fingerprint density at radius 2 is 0.941 bits per heavy atom. The van der Waals surface area contributed by atoms with E-state index in [9.17, 15) is 0 Å². The fourth-order valence-corrected chi connectivity index (χ4v) is 8.96. The van der Waals surface area contributed by atoms with E-state index >= 15 is 0 Å². The Labute approximate surface area is 295 Å². The molecule has 0 spiro atoms. The molecule has 0 N–H and O–H groups in total. The summed E-state index contributed by atoms with van der Waals surface area (Å²) in [5, 5.41) is 4.81. The van der Waals surface area contributed by atoms with Gasteiger partial charge in [-0.25, -0.2) is 0 Å². The highest BCUT2D eigenvalue weighted by Gasteiger charge is 2.46. The summed E-state index contributed by atoms with van der Waals surface area (Å²) in [6, 6.07) is 68.6. The first-order valence-electron chi connectivity index (χ1n) is 17.6. The Morgan fingerprint density at radius 1 is 0.392 bits per heavy atom. The topological polar surface area (TPSA) is 18.1 Å². The lowest BCUT2D eigenvalue weighted by Crippen LogP contribution is -2.28. The van der Waals surface area contributed by atoms with Crippen LogP contribution < -0.4 is 0 Å². The smallest absolute Gasteiger partial charge is 0.143 e. The van der Waals surface area contributed by atoms with Crippen molar-refractivity contribution in [2.45, 2.75) is 5.41 Å². The maximum Gasteiger partial charge on any atom is 0.143 e. The van der Waals surface area contributed by atoms with Gasteiger partial charge in [0.25, 0.3) is 0 Å². The van der Waals surface area contributed by atoms with Gasteiger partial charge in [0, 0.05) is 32.8 Å². The third kappa shape index (κ3) is 3.87. The van der Waals surface area contributed by atoms with E-state index in [2.05, 4.69) is 187 Å². The first kappa shape index (κ1) is 28.2. The Balaban J connectivity index is 1.23. The van der Waals surface area contributed by atoms with Crippen LogP contribution in [0.15, 0.2) is 192 Å². The van der Waals surface area contributed by atoms with E-state index < -0.39 is 5.41 Å². The van der Waals surface area contributed by atoms with Gasteiger partial charge in [-0.05, 0) is 75.3 Å². The predicted octanol–water partition coefficient (Wildman–Crippen LogP) is 12.7. The van der Waals surface area contributed by atoms with Gasteiger partial charge in [-0.2, -0.15) is 0 Å². The molecule has 0 amide bonds. The first-order valence-corrected chi connectivity index (χ1v) is 17.6. The summed E-state index contributed by atoms with van der Waals surface area (Å²) >= 11 is 0. The lowest BCUT2D eigenvalue weighted by atomic mass is 9.67. The summed E-state index contributed by atoms with van der Waals surface area (Å²) in [6.07, 6.45) is 0. The zero-order valence-electron chi connectivity index (χ0n) is 27.8. The van der Waals surface area contributed by atoms with Crippen LogP contribution in [-0.2, 0) is 5.41 Å². The van der Waals surface area contributed by atoms with Crippen LogP contribution in [0.2, 0.25) is 0 Å². The third-order valence-electron chi connectivity index (χ3n) is 11.1. The van der Waals surface area contributed by atoms with Gasteiger partial charge in [0.05, 0.1) is 16.4 Å². The van der Waals surface area contributed by atoms with Gasteiger partial charge >= 0.3 is 0 Å². The fourth-order valence-electron chi connectivity index (χ4n) is 8.96. The highest BCUT2D eigenvalue weighted by Crippen LogP contribution is 2.57. The summed E-state index contributed by atoms with van der Waals surface area (Å²) in [5.74, 6) is 0. The second-order valence-electron chi connectivity index (χ2n) is 13.6. The molecule has 2 nitrogen and oxygen atoms in total. The van der Waals surface area contributed by atoms with Crippen LogP contribution in [0.4, 0.5) is 0 Å². The van der Waals surface area contributed by atoms with Gasteiger partial charge in [-0.3, -0.25) is 0 Å². The number of hydrogen-bond acceptors (Lipinski definition) is 1. The minimum Gasteiger partial charge on any atom is -0.455 e. The molecule has 2 aromatic heterocycles. The molecule has 1 aliphatic rings. The van der Waals surface area contributed by atoms with Crippen molar-refractivity contribution in [1.29, 1.82) is 0 Å². The van der Waals surface area contributed by atoms with Gasteiger partial charge in [0.15, 0.2) is 0 Å². The van der Waals surface area contributed by atoms with Gasteiger partial charge < -0.3 is 8.98 Å². The van der Waals surface area contributed by atoms with Crippen molar-refractivity contribution < 1.29 is 4.42 Å². The van der Waals surface area contributed by atoms with Crippen molar-refractivity contribution in [1.82, 2.24) is 4.57 Å². The number of para-hydroxylation sites is 4. The quantitative estimate of drug-likeness (QED) is 0.186. The SMILES string of the molecule is c1ccc(C2(c3ccccc3)c3cc(-c4cccc5c4oc4ccccc45)ccc3-c3ccc(-n4c5ccccc5c5ccccc54)cc32)cc1. The lowest BCUT2D eigenvalue weighted by Gasteiger charge is -2.34. The molecule has 0 bridgehead atoms. The number of rotatable bonds is 4. The van der Waals surface area contributed by atoms with Gasteiger partial charge in [0.2, 0.25) is 0 Å². The zero-order valence-corrected chi connectivity index (χ0v) is 27.8. The fraction of sp³-hybridized carbons (Fsp3) is 0.0204. The summed E-state index contributed by atoms with van der Waals surface area (Å²) in [6.45, 7) is 0. The average molecular weight is 650 g/mol. The molecular weight excluding hydrogens is 619 g/mol. The summed E-state index contributed by atoms with van der Waals surface area (Å²) in [5.41, 5.74) is 14.7. The number of aromatic nitrogens is 1. The number of nitrogens with zero attached hydrogens (tertiary/aromatic N) is 1. The predicted molar refractivity (Wildman–Crippen MR) is 211 cm³/mol. The van der Waals surface area contributed by atoms with Crippen LogP contribution in [0.5, 0.6) is 0 Å². The maximum atomic E-state index is 6.57. The molecule has 0 radical (unpaired) electrons. The average Bonchev–Trinajstić information content (AvgIpc) is 3.84. The molecule has 0 unspecified atom stereocenters. The normalized spacial score (nSPS) is 13.3. The molecule has 11 rings (SSSR count). The molecule has 0 atom stereocenters. The van der Waals surface area contributed by atoms with Crippen LogP contribution in [0, 0.1) is 0 Å². The molecule has 2 heterocycles. The third-order valence-corrected chi connectivity index (χ3v) is 11.1. The van der Waals surface area contributed by atoms with E-state index in [-0.39, 0.29) is 0 Å². The van der Waals surface area contributed by atoms with Gasteiger partial charge in [-0.1, -0.05) is 152 Å². The molecule has 2 heteroatoms. The van der Waals surface area contributed by atoms with E-state index in [1.807, 2.05) is 6.07 Å². The van der Waals surface area contributed by atoms with Gasteiger partial charge in [-0.15, -0.1) is 0 Å². The molecule has 0 saturated heterocycles. The highest BCUT2D eigenvalue weighted by atomic mass is 16.3. The van der Waals surface area contributed by atoms with Crippen molar-refractivity contribution in [3.8, 4) is 27.9 Å². The largest absolute Gasteiger partial charge is 0.455 e. The minimum atomic E-state index is -0.556. The Bertz CT molecular complexity index is 2870. The van der Waals surface area contributed by atoms with Crippen molar-refractivity contribution in [3.05, 3.63) is 210 Å². The van der Waals surface area contributed by atoms with E-state index in [0.29, 0.717) is 0 Å². The van der Waals surface area contributed by atoms with E-state index in [1.165, 1.54) is 55.2 Å². The monoisotopic (exact) mass is 649 g/mol. The summed E-state index contributed by atoms with van der Waals surface area (Å²) < 4.78 is 9.00. The molecule has 238 valence electrons. The molecule has 51 heavy (non-hydrogen) atoms. The van der Waals surface area contributed by atoms with Crippen LogP contribution in [-0.4, -0.2) is 4.57 Å². The standard InChI is InChI=1S/C49H31NO/c1-3-14-33(15-4-1)49(34-16-5-2-6-17-34)43-30-32(36-21-13-22-42-41-20-9-12-25-47(41)51-48(36)42)26-28-37(43)38-29-27-35(31-44(38)49)50-45-23-10-7-18-39(45)40-19-8-11-24-46(40)50/h1-31H. The van der Waals surface area contributed by atoms with Crippen molar-refractivity contribution in [2.24, 2.45) is 0 Å². The van der Waals surface area contributed by atoms with E-state index in [0.717, 1.165) is 38.8 Å². The molecule has 1 aliphatic carbocycles. The molecular formula is C49H31NO. The first-order chi connectivity index (χ1) is 25.3. The second kappa shape index (κ2) is 10.7. The maximum absolute atomic E-state index is 6.57. The van der Waals surface area contributed by atoms with Crippen LogP contribution >= 0.6 is 0 Å². The van der Waals surface area contributed by atoms with Gasteiger partial charge in [0.1, 0.15) is 11.2 Å². The van der Waals surface area contributed by atoms with E-state index in [4.69, 9.17) is 4.42 Å².